The van der Waals surface area contributed by atoms with Gasteiger partial charge in [0.05, 0.1) is 0 Å². The maximum Gasteiger partial charge on any atom is 0.161 e. The summed E-state index contributed by atoms with van der Waals surface area (Å²) in [4.78, 5) is 15.6. The molecule has 2 N–H and O–H groups in total. The largest absolute Gasteiger partial charge is 0.361 e. The van der Waals surface area contributed by atoms with Crippen molar-refractivity contribution in [3.63, 3.8) is 0 Å². The molecular formula is C15H22N2O. The fraction of sp³-hybridized carbons (Fsp3) is 0.667. The third-order valence-corrected chi connectivity index (χ3v) is 4.44. The van der Waals surface area contributed by atoms with Gasteiger partial charge in [-0.1, -0.05) is 19.3 Å². The van der Waals surface area contributed by atoms with Crippen LogP contribution in [0.5, 0.6) is 0 Å². The molecule has 1 fully saturated rings. The molecule has 2 heterocycles. The Morgan fingerprint density at radius 1 is 1.22 bits per heavy atom. The average Bonchev–Trinajstić information content (AvgIpc) is 2.79. The second-order valence-corrected chi connectivity index (χ2v) is 5.69. The first-order valence-corrected chi connectivity index (χ1v) is 7.22. The Labute approximate surface area is 108 Å². The summed E-state index contributed by atoms with van der Waals surface area (Å²) in [6, 6.07) is 0. The summed E-state index contributed by atoms with van der Waals surface area (Å²) in [5, 5.41) is 3.38. The molecule has 1 aliphatic carbocycles. The molecule has 3 nitrogen and oxygen atoms in total. The highest BCUT2D eigenvalue weighted by atomic mass is 16.1. The number of H-pyrrole nitrogens is 1. The monoisotopic (exact) mass is 246 g/mol. The van der Waals surface area contributed by atoms with E-state index in [0.29, 0.717) is 5.92 Å². The SMILES string of the molecule is CC(=O)c1c(C2CCCCC2)[nH]c2c1CNCC2. The number of carbonyl (C=O) groups is 1. The zero-order valence-corrected chi connectivity index (χ0v) is 11.1. The van der Waals surface area contributed by atoms with Gasteiger partial charge in [0.1, 0.15) is 0 Å². The molecule has 0 unspecified atom stereocenters. The van der Waals surface area contributed by atoms with Gasteiger partial charge in [0.15, 0.2) is 5.78 Å². The number of rotatable bonds is 2. The number of ketones is 1. The van der Waals surface area contributed by atoms with Crippen molar-refractivity contribution in [2.24, 2.45) is 0 Å². The highest BCUT2D eigenvalue weighted by Crippen LogP contribution is 2.36. The van der Waals surface area contributed by atoms with E-state index in [1.54, 1.807) is 6.92 Å². The molecule has 3 rings (SSSR count). The molecule has 1 saturated carbocycles. The number of hydrogen-bond donors (Lipinski definition) is 2. The zero-order valence-electron chi connectivity index (χ0n) is 11.1. The van der Waals surface area contributed by atoms with Crippen LogP contribution in [0.25, 0.3) is 0 Å². The second kappa shape index (κ2) is 4.88. The maximum atomic E-state index is 12.0. The van der Waals surface area contributed by atoms with Crippen LogP contribution in [-0.2, 0) is 13.0 Å². The standard InChI is InChI=1S/C15H22N2O/c1-10(18)14-12-9-16-8-7-13(12)17-15(14)11-5-3-2-4-6-11/h11,16-17H,2-9H2,1H3. The lowest BCUT2D eigenvalue weighted by molar-refractivity contribution is 0.101. The third-order valence-electron chi connectivity index (χ3n) is 4.44. The minimum atomic E-state index is 0.233. The minimum Gasteiger partial charge on any atom is -0.361 e. The quantitative estimate of drug-likeness (QED) is 0.788. The number of aromatic nitrogens is 1. The van der Waals surface area contributed by atoms with Crippen molar-refractivity contribution >= 4 is 5.78 Å². The Morgan fingerprint density at radius 3 is 2.72 bits per heavy atom. The van der Waals surface area contributed by atoms with Crippen molar-refractivity contribution in [2.75, 3.05) is 6.54 Å². The van der Waals surface area contributed by atoms with E-state index in [-0.39, 0.29) is 5.78 Å². The Hall–Kier alpha value is -1.09. The Kier molecular flexibility index (Phi) is 3.25. The highest BCUT2D eigenvalue weighted by molar-refractivity contribution is 5.97. The summed E-state index contributed by atoms with van der Waals surface area (Å²) < 4.78 is 0. The first kappa shape index (κ1) is 12.0. The van der Waals surface area contributed by atoms with Gasteiger partial charge in [0.25, 0.3) is 0 Å². The lowest BCUT2D eigenvalue weighted by atomic mass is 9.84. The van der Waals surface area contributed by atoms with E-state index in [0.717, 1.165) is 25.1 Å². The number of aromatic amines is 1. The van der Waals surface area contributed by atoms with Gasteiger partial charge >= 0.3 is 0 Å². The predicted molar refractivity (Wildman–Crippen MR) is 72.0 cm³/mol. The average molecular weight is 246 g/mol. The lowest BCUT2D eigenvalue weighted by Crippen LogP contribution is -2.24. The summed E-state index contributed by atoms with van der Waals surface area (Å²) in [6.07, 6.45) is 7.49. The van der Waals surface area contributed by atoms with Crippen molar-refractivity contribution in [3.8, 4) is 0 Å². The Morgan fingerprint density at radius 2 is 2.00 bits per heavy atom. The summed E-state index contributed by atoms with van der Waals surface area (Å²) >= 11 is 0. The van der Waals surface area contributed by atoms with Gasteiger partial charge in [-0.3, -0.25) is 4.79 Å². The number of Topliss-reactive ketones (excluding diaryl/α,β-unsaturated/α-hetero) is 1. The first-order chi connectivity index (χ1) is 8.77. The van der Waals surface area contributed by atoms with Crippen LogP contribution in [0.2, 0.25) is 0 Å². The van der Waals surface area contributed by atoms with Crippen LogP contribution < -0.4 is 5.32 Å². The van der Waals surface area contributed by atoms with Gasteiger partial charge in [0, 0.05) is 36.5 Å². The lowest BCUT2D eigenvalue weighted by Gasteiger charge is -2.21. The van der Waals surface area contributed by atoms with E-state index in [4.69, 9.17) is 0 Å². The fourth-order valence-corrected chi connectivity index (χ4v) is 3.55. The van der Waals surface area contributed by atoms with Crippen molar-refractivity contribution in [1.82, 2.24) is 10.3 Å². The molecule has 0 spiro atoms. The normalized spacial score (nSPS) is 20.7. The summed E-state index contributed by atoms with van der Waals surface area (Å²) in [5.74, 6) is 0.819. The molecule has 0 saturated heterocycles. The zero-order chi connectivity index (χ0) is 12.5. The molecule has 2 aliphatic rings. The molecule has 0 aromatic carbocycles. The molecule has 18 heavy (non-hydrogen) atoms. The van der Waals surface area contributed by atoms with E-state index >= 15 is 0 Å². The Balaban J connectivity index is 2.01. The molecule has 1 aromatic heterocycles. The van der Waals surface area contributed by atoms with Crippen LogP contribution in [-0.4, -0.2) is 17.3 Å². The highest BCUT2D eigenvalue weighted by Gasteiger charge is 2.27. The number of nitrogens with one attached hydrogen (secondary N) is 2. The van der Waals surface area contributed by atoms with Crippen molar-refractivity contribution in [1.29, 1.82) is 0 Å². The molecule has 0 amide bonds. The summed E-state index contributed by atoms with van der Waals surface area (Å²) in [5.41, 5.74) is 4.80. The van der Waals surface area contributed by atoms with Crippen LogP contribution in [0.15, 0.2) is 0 Å². The molecule has 98 valence electrons. The van der Waals surface area contributed by atoms with Crippen LogP contribution in [0.1, 0.15) is 72.3 Å². The molecule has 1 aliphatic heterocycles. The van der Waals surface area contributed by atoms with Crippen molar-refractivity contribution in [2.45, 2.75) is 57.9 Å². The maximum absolute atomic E-state index is 12.0. The summed E-state index contributed by atoms with van der Waals surface area (Å²) in [6.45, 7) is 3.59. The van der Waals surface area contributed by atoms with Gasteiger partial charge in [-0.25, -0.2) is 0 Å². The van der Waals surface area contributed by atoms with Gasteiger partial charge in [-0.2, -0.15) is 0 Å². The summed E-state index contributed by atoms with van der Waals surface area (Å²) in [7, 11) is 0. The smallest absolute Gasteiger partial charge is 0.161 e. The van der Waals surface area contributed by atoms with Gasteiger partial charge in [-0.05, 0) is 31.2 Å². The van der Waals surface area contributed by atoms with Crippen LogP contribution in [0.3, 0.4) is 0 Å². The van der Waals surface area contributed by atoms with Crippen molar-refractivity contribution < 1.29 is 4.79 Å². The van der Waals surface area contributed by atoms with E-state index in [1.807, 2.05) is 0 Å². The molecule has 3 heteroatoms. The molecule has 1 aromatic rings. The van der Waals surface area contributed by atoms with E-state index in [2.05, 4.69) is 10.3 Å². The van der Waals surface area contributed by atoms with Crippen LogP contribution in [0.4, 0.5) is 0 Å². The molecule has 0 atom stereocenters. The van der Waals surface area contributed by atoms with Crippen molar-refractivity contribution in [3.05, 3.63) is 22.5 Å². The number of fused-ring (bicyclic) bond motifs is 1. The Bertz CT molecular complexity index is 455. The molecular weight excluding hydrogens is 224 g/mol. The van der Waals surface area contributed by atoms with Gasteiger partial charge in [-0.15, -0.1) is 0 Å². The topological polar surface area (TPSA) is 44.9 Å². The van der Waals surface area contributed by atoms with E-state index in [1.165, 1.54) is 49.1 Å². The predicted octanol–water partition coefficient (Wildman–Crippen LogP) is 2.91. The van der Waals surface area contributed by atoms with E-state index < -0.39 is 0 Å². The van der Waals surface area contributed by atoms with Crippen LogP contribution >= 0.6 is 0 Å². The van der Waals surface area contributed by atoms with E-state index in [9.17, 15) is 4.79 Å². The number of carbonyl (C=O) groups excluding carboxylic acids is 1. The first-order valence-electron chi connectivity index (χ1n) is 7.22. The molecule has 0 bridgehead atoms. The fourth-order valence-electron chi connectivity index (χ4n) is 3.55. The second-order valence-electron chi connectivity index (χ2n) is 5.69. The third kappa shape index (κ3) is 2.01. The molecule has 0 radical (unpaired) electrons. The van der Waals surface area contributed by atoms with Crippen LogP contribution in [0, 0.1) is 0 Å². The van der Waals surface area contributed by atoms with Gasteiger partial charge in [0.2, 0.25) is 0 Å². The number of hydrogen-bond acceptors (Lipinski definition) is 2. The van der Waals surface area contributed by atoms with Gasteiger partial charge < -0.3 is 10.3 Å². The minimum absolute atomic E-state index is 0.233.